The Morgan fingerprint density at radius 1 is 0.967 bits per heavy atom. The molecule has 0 radical (unpaired) electrons. The molecule has 0 saturated carbocycles. The van der Waals surface area contributed by atoms with Crippen molar-refractivity contribution in [1.82, 2.24) is 29.5 Å². The highest BCUT2D eigenvalue weighted by atomic mass is 16.5. The molecule has 30 heavy (non-hydrogen) atoms. The van der Waals surface area contributed by atoms with Crippen molar-refractivity contribution in [3.63, 3.8) is 0 Å². The first-order valence-electron chi connectivity index (χ1n) is 9.68. The lowest BCUT2D eigenvalue weighted by molar-refractivity contribution is 0.430. The van der Waals surface area contributed by atoms with E-state index in [4.69, 9.17) is 4.52 Å². The predicted octanol–water partition coefficient (Wildman–Crippen LogP) is 4.45. The second-order valence-corrected chi connectivity index (χ2v) is 7.25. The van der Waals surface area contributed by atoms with Gasteiger partial charge in [0.15, 0.2) is 5.69 Å². The van der Waals surface area contributed by atoms with Gasteiger partial charge >= 0.3 is 0 Å². The minimum absolute atomic E-state index is 0.412. The van der Waals surface area contributed by atoms with Gasteiger partial charge in [-0.25, -0.2) is 4.98 Å². The molecule has 3 aromatic heterocycles. The average Bonchev–Trinajstić information content (AvgIpc) is 3.51. The largest absolute Gasteiger partial charge is 0.332 e. The van der Waals surface area contributed by atoms with Crippen molar-refractivity contribution in [2.75, 3.05) is 0 Å². The monoisotopic (exact) mass is 396 g/mol. The summed E-state index contributed by atoms with van der Waals surface area (Å²) in [5.74, 6) is 0.947. The molecule has 7 heteroatoms. The highest BCUT2D eigenvalue weighted by molar-refractivity contribution is 5.59. The van der Waals surface area contributed by atoms with Crippen LogP contribution in [0.4, 0.5) is 0 Å². The van der Waals surface area contributed by atoms with E-state index in [1.165, 1.54) is 11.1 Å². The zero-order valence-electron chi connectivity index (χ0n) is 16.7. The highest BCUT2D eigenvalue weighted by Gasteiger charge is 2.15. The lowest BCUT2D eigenvalue weighted by Gasteiger charge is -2.04. The first kappa shape index (κ1) is 18.1. The van der Waals surface area contributed by atoms with Crippen LogP contribution in [0.3, 0.4) is 0 Å². The molecule has 0 aliphatic rings. The van der Waals surface area contributed by atoms with Crippen molar-refractivity contribution >= 4 is 0 Å². The van der Waals surface area contributed by atoms with Crippen molar-refractivity contribution in [2.45, 2.75) is 20.4 Å². The zero-order chi connectivity index (χ0) is 20.5. The number of aromatic nitrogens is 6. The van der Waals surface area contributed by atoms with E-state index in [1.54, 1.807) is 12.5 Å². The lowest BCUT2D eigenvalue weighted by Crippen LogP contribution is -2.03. The Labute approximate surface area is 173 Å². The Bertz CT molecular complexity index is 1260. The number of hydrogen-bond acceptors (Lipinski definition) is 5. The molecule has 7 nitrogen and oxygen atoms in total. The summed E-state index contributed by atoms with van der Waals surface area (Å²) in [4.78, 5) is 8.61. The fraction of sp³-hybridized carbons (Fsp3) is 0.130. The highest BCUT2D eigenvalue weighted by Crippen LogP contribution is 2.23. The first-order valence-corrected chi connectivity index (χ1v) is 9.68. The standard InChI is InChI=1S/C23H20N6O/c1-16-3-5-18(6-4-16)14-29-17(2)13-21(26-29)23-25-22(27-30-23)19-7-9-20(10-8-19)28-12-11-24-15-28/h3-13,15H,14H2,1-2H3. The van der Waals surface area contributed by atoms with Gasteiger partial charge in [-0.2, -0.15) is 10.1 Å². The third-order valence-corrected chi connectivity index (χ3v) is 5.01. The maximum absolute atomic E-state index is 5.49. The number of aryl methyl sites for hydroxylation is 2. The third kappa shape index (κ3) is 3.53. The lowest BCUT2D eigenvalue weighted by atomic mass is 10.1. The Morgan fingerprint density at radius 3 is 2.50 bits per heavy atom. The number of benzene rings is 2. The third-order valence-electron chi connectivity index (χ3n) is 5.01. The molecule has 0 aliphatic carbocycles. The number of rotatable bonds is 5. The molecule has 0 bridgehead atoms. The van der Waals surface area contributed by atoms with Gasteiger partial charge in [-0.05, 0) is 49.7 Å². The molecule has 0 spiro atoms. The van der Waals surface area contributed by atoms with Gasteiger partial charge in [0.1, 0.15) is 0 Å². The van der Waals surface area contributed by atoms with E-state index in [0.717, 1.165) is 16.9 Å². The molecule has 0 amide bonds. The molecule has 0 N–H and O–H groups in total. The topological polar surface area (TPSA) is 74.6 Å². The Hall–Kier alpha value is -4.00. The van der Waals surface area contributed by atoms with Gasteiger partial charge in [0.05, 0.1) is 12.9 Å². The minimum Gasteiger partial charge on any atom is -0.332 e. The Balaban J connectivity index is 1.37. The fourth-order valence-electron chi connectivity index (χ4n) is 3.28. The molecule has 0 atom stereocenters. The fourth-order valence-corrected chi connectivity index (χ4v) is 3.28. The number of hydrogen-bond donors (Lipinski definition) is 0. The van der Waals surface area contributed by atoms with E-state index >= 15 is 0 Å². The Kier molecular flexibility index (Phi) is 4.48. The van der Waals surface area contributed by atoms with Gasteiger partial charge in [-0.1, -0.05) is 35.0 Å². The summed E-state index contributed by atoms with van der Waals surface area (Å²) in [6.45, 7) is 4.80. The number of imidazole rings is 1. The SMILES string of the molecule is Cc1ccc(Cn2nc(-c3nc(-c4ccc(-n5ccnc5)cc4)no3)cc2C)cc1. The van der Waals surface area contributed by atoms with Crippen LogP contribution in [0, 0.1) is 13.8 Å². The number of nitrogens with zero attached hydrogens (tertiary/aromatic N) is 6. The molecule has 0 aliphatic heterocycles. The van der Waals surface area contributed by atoms with Crippen LogP contribution < -0.4 is 0 Å². The van der Waals surface area contributed by atoms with Crippen LogP contribution in [-0.2, 0) is 6.54 Å². The maximum atomic E-state index is 5.49. The van der Waals surface area contributed by atoms with Gasteiger partial charge in [-0.15, -0.1) is 0 Å². The molecule has 3 heterocycles. The Morgan fingerprint density at radius 2 is 1.77 bits per heavy atom. The summed E-state index contributed by atoms with van der Waals surface area (Å²) in [6.07, 6.45) is 5.41. The molecule has 0 unspecified atom stereocenters. The second kappa shape index (κ2) is 7.44. The van der Waals surface area contributed by atoms with Crippen LogP contribution >= 0.6 is 0 Å². The van der Waals surface area contributed by atoms with E-state index in [-0.39, 0.29) is 0 Å². The van der Waals surface area contributed by atoms with Crippen LogP contribution in [0.5, 0.6) is 0 Å². The van der Waals surface area contributed by atoms with Crippen LogP contribution in [0.2, 0.25) is 0 Å². The molecule has 0 fully saturated rings. The molecule has 5 rings (SSSR count). The van der Waals surface area contributed by atoms with Crippen LogP contribution in [0.1, 0.15) is 16.8 Å². The van der Waals surface area contributed by atoms with Crippen molar-refractivity contribution in [3.8, 4) is 28.7 Å². The molecule has 5 aromatic rings. The van der Waals surface area contributed by atoms with Gasteiger partial charge in [0.25, 0.3) is 5.89 Å². The summed E-state index contributed by atoms with van der Waals surface area (Å²) in [7, 11) is 0. The minimum atomic E-state index is 0.412. The zero-order valence-corrected chi connectivity index (χ0v) is 16.7. The van der Waals surface area contributed by atoms with Crippen LogP contribution in [-0.4, -0.2) is 29.5 Å². The summed E-state index contributed by atoms with van der Waals surface area (Å²) < 4.78 is 9.38. The maximum Gasteiger partial charge on any atom is 0.278 e. The quantitative estimate of drug-likeness (QED) is 0.439. The predicted molar refractivity (Wildman–Crippen MR) is 113 cm³/mol. The molecule has 0 saturated heterocycles. The van der Waals surface area contributed by atoms with E-state index in [9.17, 15) is 0 Å². The molecule has 2 aromatic carbocycles. The van der Waals surface area contributed by atoms with Crippen LogP contribution in [0.25, 0.3) is 28.7 Å². The van der Waals surface area contributed by atoms with Gasteiger partial charge in [0.2, 0.25) is 5.82 Å². The van der Waals surface area contributed by atoms with Gasteiger partial charge in [-0.3, -0.25) is 4.68 Å². The van der Waals surface area contributed by atoms with E-state index in [2.05, 4.69) is 51.4 Å². The summed E-state index contributed by atoms with van der Waals surface area (Å²) in [5.41, 5.74) is 6.05. The molecular weight excluding hydrogens is 376 g/mol. The van der Waals surface area contributed by atoms with Crippen molar-refractivity contribution in [3.05, 3.63) is 90.1 Å². The van der Waals surface area contributed by atoms with E-state index in [0.29, 0.717) is 24.0 Å². The smallest absolute Gasteiger partial charge is 0.278 e. The van der Waals surface area contributed by atoms with Crippen molar-refractivity contribution in [2.24, 2.45) is 0 Å². The normalized spacial score (nSPS) is 11.1. The van der Waals surface area contributed by atoms with E-state index < -0.39 is 0 Å². The van der Waals surface area contributed by atoms with Gasteiger partial charge < -0.3 is 9.09 Å². The summed E-state index contributed by atoms with van der Waals surface area (Å²) in [6, 6.07) is 18.3. The van der Waals surface area contributed by atoms with Gasteiger partial charge in [0, 0.05) is 29.3 Å². The van der Waals surface area contributed by atoms with Crippen LogP contribution in [0.15, 0.2) is 77.8 Å². The second-order valence-electron chi connectivity index (χ2n) is 7.25. The molecule has 148 valence electrons. The average molecular weight is 396 g/mol. The van der Waals surface area contributed by atoms with Crippen molar-refractivity contribution in [1.29, 1.82) is 0 Å². The first-order chi connectivity index (χ1) is 14.7. The van der Waals surface area contributed by atoms with E-state index in [1.807, 2.05) is 52.7 Å². The summed E-state index contributed by atoms with van der Waals surface area (Å²) >= 11 is 0. The van der Waals surface area contributed by atoms with Crippen molar-refractivity contribution < 1.29 is 4.52 Å². The summed E-state index contributed by atoms with van der Waals surface area (Å²) in [5, 5.41) is 8.80. The molecular formula is C23H20N6O.